The van der Waals surface area contributed by atoms with Crippen LogP contribution in [-0.2, 0) is 13.0 Å². The van der Waals surface area contributed by atoms with Gasteiger partial charge in [0.05, 0.1) is 19.9 Å². The lowest BCUT2D eigenvalue weighted by atomic mass is 9.96. The van der Waals surface area contributed by atoms with E-state index in [1.807, 2.05) is 54.6 Å². The van der Waals surface area contributed by atoms with Crippen molar-refractivity contribution < 1.29 is 14.2 Å². The fraction of sp³-hybridized carbons (Fsp3) is 0.192. The number of hydrogen-bond donors (Lipinski definition) is 0. The van der Waals surface area contributed by atoms with Gasteiger partial charge in [0, 0.05) is 17.7 Å². The van der Waals surface area contributed by atoms with Crippen LogP contribution in [-0.4, -0.2) is 26.5 Å². The van der Waals surface area contributed by atoms with Crippen LogP contribution in [0.3, 0.4) is 0 Å². The Morgan fingerprint density at radius 1 is 0.867 bits per heavy atom. The monoisotopic (exact) mass is 399 g/mol. The number of benzene rings is 3. The summed E-state index contributed by atoms with van der Waals surface area (Å²) in [6, 6.07) is 22.2. The molecule has 0 aliphatic carbocycles. The third-order valence-corrected chi connectivity index (χ3v) is 5.12. The zero-order valence-corrected chi connectivity index (χ0v) is 17.3. The molecule has 0 saturated heterocycles. The van der Waals surface area contributed by atoms with Gasteiger partial charge in [0.1, 0.15) is 23.9 Å². The van der Waals surface area contributed by atoms with Crippen molar-refractivity contribution in [2.45, 2.75) is 13.0 Å². The smallest absolute Gasteiger partial charge is 0.126 e. The van der Waals surface area contributed by atoms with Crippen LogP contribution in [0.2, 0.25) is 0 Å². The highest BCUT2D eigenvalue weighted by Gasteiger charge is 2.13. The lowest BCUT2D eigenvalue weighted by Crippen LogP contribution is -2.11. The Hall–Kier alpha value is -3.53. The van der Waals surface area contributed by atoms with Crippen molar-refractivity contribution in [1.82, 2.24) is 0 Å². The zero-order chi connectivity index (χ0) is 20.8. The molecule has 0 fully saturated rings. The first-order valence-corrected chi connectivity index (χ1v) is 10.0. The number of hydrogen-bond acceptors (Lipinski definition) is 4. The fourth-order valence-corrected chi connectivity index (χ4v) is 3.52. The van der Waals surface area contributed by atoms with Gasteiger partial charge in [-0.15, -0.1) is 0 Å². The average Bonchev–Trinajstić information content (AvgIpc) is 2.81. The molecule has 152 valence electrons. The van der Waals surface area contributed by atoms with E-state index in [4.69, 9.17) is 19.2 Å². The van der Waals surface area contributed by atoms with Gasteiger partial charge in [0.25, 0.3) is 0 Å². The number of aliphatic imine (C=N–C) groups is 1. The summed E-state index contributed by atoms with van der Waals surface area (Å²) in [7, 11) is 3.33. The number of methoxy groups -OCH3 is 2. The molecule has 0 N–H and O–H groups in total. The number of ether oxygens (including phenoxy) is 3. The Balaban J connectivity index is 1.52. The number of fused-ring (bicyclic) bond motifs is 1. The highest BCUT2D eigenvalue weighted by Crippen LogP contribution is 2.27. The molecule has 4 nitrogen and oxygen atoms in total. The molecule has 3 aromatic carbocycles. The van der Waals surface area contributed by atoms with Crippen LogP contribution >= 0.6 is 0 Å². The van der Waals surface area contributed by atoms with E-state index in [1.165, 1.54) is 5.56 Å². The molecular weight excluding hydrogens is 374 g/mol. The summed E-state index contributed by atoms with van der Waals surface area (Å²) < 4.78 is 16.8. The van der Waals surface area contributed by atoms with E-state index in [9.17, 15) is 0 Å². The molecule has 4 heteroatoms. The van der Waals surface area contributed by atoms with Gasteiger partial charge in [0.2, 0.25) is 0 Å². The van der Waals surface area contributed by atoms with Crippen molar-refractivity contribution in [2.75, 3.05) is 20.8 Å². The molecule has 0 radical (unpaired) electrons. The summed E-state index contributed by atoms with van der Waals surface area (Å²) in [5.74, 6) is 2.48. The minimum Gasteiger partial charge on any atom is -0.497 e. The van der Waals surface area contributed by atoms with Gasteiger partial charge in [-0.1, -0.05) is 30.3 Å². The lowest BCUT2D eigenvalue weighted by molar-refractivity contribution is 0.306. The zero-order valence-electron chi connectivity index (χ0n) is 17.3. The van der Waals surface area contributed by atoms with Crippen LogP contribution in [0.4, 0.5) is 0 Å². The average molecular weight is 399 g/mol. The van der Waals surface area contributed by atoms with Crippen molar-refractivity contribution in [1.29, 1.82) is 0 Å². The van der Waals surface area contributed by atoms with Gasteiger partial charge in [-0.2, -0.15) is 0 Å². The standard InChI is InChI=1S/C26H25NO3/c1-28-22-10-13-26(29-2)21(17-22)8-12-25-24-11-9-23(16-20(24)14-15-27-25)30-18-19-6-4-3-5-7-19/h3-13,16-17H,14-15,18H2,1-2H3/b12-8+. The summed E-state index contributed by atoms with van der Waals surface area (Å²) >= 11 is 0. The van der Waals surface area contributed by atoms with E-state index in [2.05, 4.69) is 24.3 Å². The molecule has 0 atom stereocenters. The molecule has 3 aromatic rings. The van der Waals surface area contributed by atoms with Gasteiger partial charge in [-0.05, 0) is 66.1 Å². The van der Waals surface area contributed by atoms with Crippen molar-refractivity contribution in [3.63, 3.8) is 0 Å². The summed E-state index contributed by atoms with van der Waals surface area (Å²) in [4.78, 5) is 4.72. The molecular formula is C26H25NO3. The number of nitrogens with zero attached hydrogens (tertiary/aromatic N) is 1. The number of allylic oxidation sites excluding steroid dienone is 1. The van der Waals surface area contributed by atoms with E-state index in [0.717, 1.165) is 52.6 Å². The molecule has 0 spiro atoms. The Morgan fingerprint density at radius 2 is 1.70 bits per heavy atom. The molecule has 0 aromatic heterocycles. The second-order valence-corrected chi connectivity index (χ2v) is 7.05. The van der Waals surface area contributed by atoms with Gasteiger partial charge >= 0.3 is 0 Å². The lowest BCUT2D eigenvalue weighted by Gasteiger charge is -2.17. The largest absolute Gasteiger partial charge is 0.497 e. The predicted octanol–water partition coefficient (Wildman–Crippen LogP) is 5.34. The fourth-order valence-electron chi connectivity index (χ4n) is 3.52. The Kier molecular flexibility index (Phi) is 6.14. The molecule has 0 saturated carbocycles. The van der Waals surface area contributed by atoms with Gasteiger partial charge in [-0.3, -0.25) is 4.99 Å². The molecule has 0 amide bonds. The third kappa shape index (κ3) is 4.54. The van der Waals surface area contributed by atoms with Crippen molar-refractivity contribution in [2.24, 2.45) is 4.99 Å². The highest BCUT2D eigenvalue weighted by atomic mass is 16.5. The normalized spacial score (nSPS) is 12.9. The maximum atomic E-state index is 5.99. The van der Waals surface area contributed by atoms with Crippen molar-refractivity contribution in [3.8, 4) is 17.2 Å². The molecule has 0 bridgehead atoms. The van der Waals surface area contributed by atoms with Crippen LogP contribution in [0.15, 0.2) is 77.8 Å². The predicted molar refractivity (Wildman–Crippen MR) is 121 cm³/mol. The second-order valence-electron chi connectivity index (χ2n) is 7.05. The van der Waals surface area contributed by atoms with Crippen LogP contribution in [0.1, 0.15) is 22.3 Å². The van der Waals surface area contributed by atoms with E-state index in [1.54, 1.807) is 14.2 Å². The number of rotatable bonds is 7. The first-order chi connectivity index (χ1) is 14.8. The molecule has 1 heterocycles. The molecule has 4 rings (SSSR count). The molecule has 30 heavy (non-hydrogen) atoms. The van der Waals surface area contributed by atoms with E-state index in [0.29, 0.717) is 6.61 Å². The van der Waals surface area contributed by atoms with Crippen molar-refractivity contribution in [3.05, 3.63) is 95.1 Å². The quantitative estimate of drug-likeness (QED) is 0.538. The molecule has 1 aliphatic heterocycles. The van der Waals surface area contributed by atoms with Crippen LogP contribution in [0, 0.1) is 0 Å². The Labute approximate surface area is 177 Å². The summed E-state index contributed by atoms with van der Waals surface area (Å²) in [5.41, 5.74) is 5.48. The van der Waals surface area contributed by atoms with Gasteiger partial charge in [0.15, 0.2) is 0 Å². The SMILES string of the molecule is COc1ccc(OC)c(/C=C/C2=NCCc3cc(OCc4ccccc4)ccc32)c1. The van der Waals surface area contributed by atoms with Crippen LogP contribution < -0.4 is 14.2 Å². The van der Waals surface area contributed by atoms with Crippen LogP contribution in [0.25, 0.3) is 6.08 Å². The van der Waals surface area contributed by atoms with Gasteiger partial charge in [-0.25, -0.2) is 0 Å². The Bertz CT molecular complexity index is 1070. The molecule has 0 unspecified atom stereocenters. The maximum Gasteiger partial charge on any atom is 0.126 e. The van der Waals surface area contributed by atoms with E-state index in [-0.39, 0.29) is 0 Å². The summed E-state index contributed by atoms with van der Waals surface area (Å²) in [6.45, 7) is 1.33. The first-order valence-electron chi connectivity index (χ1n) is 10.0. The van der Waals surface area contributed by atoms with E-state index < -0.39 is 0 Å². The minimum atomic E-state index is 0.566. The summed E-state index contributed by atoms with van der Waals surface area (Å²) in [6.07, 6.45) is 4.98. The second kappa shape index (κ2) is 9.31. The topological polar surface area (TPSA) is 40.0 Å². The maximum absolute atomic E-state index is 5.99. The summed E-state index contributed by atoms with van der Waals surface area (Å²) in [5, 5.41) is 0. The first kappa shape index (κ1) is 19.8. The third-order valence-electron chi connectivity index (χ3n) is 5.12. The van der Waals surface area contributed by atoms with Crippen LogP contribution in [0.5, 0.6) is 17.2 Å². The minimum absolute atomic E-state index is 0.566. The van der Waals surface area contributed by atoms with E-state index >= 15 is 0 Å². The molecule has 1 aliphatic rings. The van der Waals surface area contributed by atoms with Crippen molar-refractivity contribution >= 4 is 11.8 Å². The van der Waals surface area contributed by atoms with Gasteiger partial charge < -0.3 is 14.2 Å². The highest BCUT2D eigenvalue weighted by molar-refractivity contribution is 6.12. The Morgan fingerprint density at radius 3 is 2.50 bits per heavy atom.